The zero-order chi connectivity index (χ0) is 16.5. The highest BCUT2D eigenvalue weighted by Gasteiger charge is 1.61. The van der Waals surface area contributed by atoms with Gasteiger partial charge in [-0.15, -0.1) is 6.58 Å². The monoisotopic (exact) mass is 274 g/mol. The molecule has 0 aliphatic rings. The maximum atomic E-state index is 3.55. The topological polar surface area (TPSA) is 0 Å². The molecule has 0 amide bonds. The van der Waals surface area contributed by atoms with Crippen molar-refractivity contribution in [1.82, 2.24) is 0 Å². The number of allylic oxidation sites excluding steroid dienone is 10. The van der Waals surface area contributed by atoms with Crippen LogP contribution in [0.2, 0.25) is 0 Å². The third-order valence-corrected chi connectivity index (χ3v) is 1.48. The first-order valence-corrected chi connectivity index (χ1v) is 6.98. The summed E-state index contributed by atoms with van der Waals surface area (Å²) in [5, 5.41) is 0. The Morgan fingerprint density at radius 1 is 0.650 bits per heavy atom. The van der Waals surface area contributed by atoms with Gasteiger partial charge in [-0.2, -0.15) is 0 Å². The largest absolute Gasteiger partial charge is 0.103 e. The number of hydrogen-bond donors (Lipinski definition) is 0. The van der Waals surface area contributed by atoms with Crippen LogP contribution in [0.5, 0.6) is 0 Å². The van der Waals surface area contributed by atoms with Crippen molar-refractivity contribution in [3.8, 4) is 0 Å². The SMILES string of the molecule is C=CC=CC.C=CC=CC.C=CC=CC.C=CCCC. The van der Waals surface area contributed by atoms with Gasteiger partial charge < -0.3 is 0 Å². The highest BCUT2D eigenvalue weighted by Crippen LogP contribution is 1.82. The third-order valence-electron chi connectivity index (χ3n) is 1.48. The molecular weight excluding hydrogens is 240 g/mol. The zero-order valence-corrected chi connectivity index (χ0v) is 14.0. The van der Waals surface area contributed by atoms with Crippen LogP contribution < -0.4 is 0 Å². The molecule has 0 heteroatoms. The molecule has 0 aliphatic carbocycles. The van der Waals surface area contributed by atoms with E-state index in [1.54, 1.807) is 18.2 Å². The van der Waals surface area contributed by atoms with Crippen molar-refractivity contribution in [3.05, 3.63) is 87.1 Å². The molecule has 0 aliphatic heterocycles. The van der Waals surface area contributed by atoms with Crippen molar-refractivity contribution < 1.29 is 0 Å². The van der Waals surface area contributed by atoms with Gasteiger partial charge in [0.25, 0.3) is 0 Å². The van der Waals surface area contributed by atoms with Crippen LogP contribution in [-0.4, -0.2) is 0 Å². The van der Waals surface area contributed by atoms with E-state index in [1.165, 1.54) is 6.42 Å². The van der Waals surface area contributed by atoms with Crippen molar-refractivity contribution >= 4 is 0 Å². The molecule has 0 aromatic heterocycles. The van der Waals surface area contributed by atoms with Gasteiger partial charge in [-0.25, -0.2) is 0 Å². The number of hydrogen-bond acceptors (Lipinski definition) is 0. The summed E-state index contributed by atoms with van der Waals surface area (Å²) < 4.78 is 0. The molecule has 0 nitrogen and oxygen atoms in total. The van der Waals surface area contributed by atoms with Gasteiger partial charge in [0.1, 0.15) is 0 Å². The Hall–Kier alpha value is -1.82. The highest BCUT2D eigenvalue weighted by atomic mass is 13.7. The second kappa shape index (κ2) is 43.4. The Morgan fingerprint density at radius 2 is 0.950 bits per heavy atom. The zero-order valence-electron chi connectivity index (χ0n) is 14.0. The Labute approximate surface area is 128 Å². The van der Waals surface area contributed by atoms with Gasteiger partial charge in [0, 0.05) is 0 Å². The highest BCUT2D eigenvalue weighted by molar-refractivity contribution is 4.95. The predicted molar refractivity (Wildman–Crippen MR) is 100 cm³/mol. The summed E-state index contributed by atoms with van der Waals surface area (Å²) in [5.74, 6) is 0. The van der Waals surface area contributed by atoms with Gasteiger partial charge in [-0.3, -0.25) is 0 Å². The molecule has 0 heterocycles. The normalized spacial score (nSPS) is 8.60. The molecule has 0 N–H and O–H groups in total. The van der Waals surface area contributed by atoms with E-state index < -0.39 is 0 Å². The summed E-state index contributed by atoms with van der Waals surface area (Å²) in [6, 6.07) is 0. The molecular formula is C20H34. The van der Waals surface area contributed by atoms with Crippen molar-refractivity contribution in [2.24, 2.45) is 0 Å². The first kappa shape index (κ1) is 26.7. The smallest absolute Gasteiger partial charge is 0.0356 e. The molecule has 0 fully saturated rings. The van der Waals surface area contributed by atoms with Crippen molar-refractivity contribution in [3.63, 3.8) is 0 Å². The van der Waals surface area contributed by atoms with E-state index in [-0.39, 0.29) is 0 Å². The first-order valence-electron chi connectivity index (χ1n) is 6.98. The summed E-state index contributed by atoms with van der Waals surface area (Å²) in [6.45, 7) is 22.0. The van der Waals surface area contributed by atoms with E-state index in [9.17, 15) is 0 Å². The van der Waals surface area contributed by atoms with Gasteiger partial charge >= 0.3 is 0 Å². The van der Waals surface area contributed by atoms with Crippen molar-refractivity contribution in [1.29, 1.82) is 0 Å². The van der Waals surface area contributed by atoms with Crippen molar-refractivity contribution in [2.75, 3.05) is 0 Å². The van der Waals surface area contributed by atoms with E-state index >= 15 is 0 Å². The van der Waals surface area contributed by atoms with Crippen LogP contribution >= 0.6 is 0 Å². The first-order chi connectivity index (χ1) is 9.66. The lowest BCUT2D eigenvalue weighted by Crippen LogP contribution is -1.52. The van der Waals surface area contributed by atoms with E-state index in [0.717, 1.165) is 6.42 Å². The Bertz CT molecular complexity index is 224. The van der Waals surface area contributed by atoms with Crippen LogP contribution in [0.4, 0.5) is 0 Å². The van der Waals surface area contributed by atoms with Crippen LogP contribution in [-0.2, 0) is 0 Å². The second-order valence-corrected chi connectivity index (χ2v) is 3.36. The lowest BCUT2D eigenvalue weighted by molar-refractivity contribution is 0.961. The van der Waals surface area contributed by atoms with Crippen LogP contribution in [0.1, 0.15) is 40.5 Å². The molecule has 0 saturated heterocycles. The summed E-state index contributed by atoms with van der Waals surface area (Å²) in [6.07, 6.45) is 21.0. The van der Waals surface area contributed by atoms with E-state index in [4.69, 9.17) is 0 Å². The number of unbranched alkanes of at least 4 members (excludes halogenated alkanes) is 1. The third kappa shape index (κ3) is 97.6. The minimum atomic E-state index is 1.15. The molecule has 0 aromatic carbocycles. The minimum absolute atomic E-state index is 1.15. The lowest BCUT2D eigenvalue weighted by Gasteiger charge is -1.72. The van der Waals surface area contributed by atoms with Crippen LogP contribution in [0.3, 0.4) is 0 Å². The van der Waals surface area contributed by atoms with E-state index in [0.29, 0.717) is 0 Å². The molecule has 0 saturated carbocycles. The van der Waals surface area contributed by atoms with Crippen molar-refractivity contribution in [2.45, 2.75) is 40.5 Å². The average molecular weight is 274 g/mol. The Kier molecular flexibility index (Phi) is 57.9. The fourth-order valence-electron chi connectivity index (χ4n) is 0.612. The minimum Gasteiger partial charge on any atom is -0.103 e. The molecule has 0 atom stereocenters. The van der Waals surface area contributed by atoms with Gasteiger partial charge in [0.2, 0.25) is 0 Å². The molecule has 0 aromatic rings. The van der Waals surface area contributed by atoms with Gasteiger partial charge in [0.15, 0.2) is 0 Å². The lowest BCUT2D eigenvalue weighted by atomic mass is 10.3. The Balaban J connectivity index is -0.0000000853. The predicted octanol–water partition coefficient (Wildman–Crippen LogP) is 7.22. The molecule has 0 rings (SSSR count). The van der Waals surface area contributed by atoms with Crippen LogP contribution in [0, 0.1) is 0 Å². The fraction of sp³-hybridized carbons (Fsp3) is 0.300. The molecule has 0 spiro atoms. The molecule has 0 bridgehead atoms. The summed E-state index contributed by atoms with van der Waals surface area (Å²) in [7, 11) is 0. The standard InChI is InChI=1S/C5H10.3C5H8/c4*1-3-5-4-2/h3H,1,4-5H2,2H3;3*3-5H,1H2,2H3. The van der Waals surface area contributed by atoms with Gasteiger partial charge in [0.05, 0.1) is 0 Å². The molecule has 114 valence electrons. The summed E-state index contributed by atoms with van der Waals surface area (Å²) >= 11 is 0. The van der Waals surface area contributed by atoms with E-state index in [1.807, 2.05) is 63.3 Å². The maximum absolute atomic E-state index is 3.55. The average Bonchev–Trinajstić information content (AvgIpc) is 2.44. The van der Waals surface area contributed by atoms with Crippen LogP contribution in [0.15, 0.2) is 87.1 Å². The van der Waals surface area contributed by atoms with Gasteiger partial charge in [-0.05, 0) is 27.2 Å². The van der Waals surface area contributed by atoms with E-state index in [2.05, 4.69) is 33.2 Å². The summed E-state index contributed by atoms with van der Waals surface area (Å²) in [4.78, 5) is 0. The fourth-order valence-corrected chi connectivity index (χ4v) is 0.612. The number of rotatable bonds is 5. The second-order valence-electron chi connectivity index (χ2n) is 3.36. The van der Waals surface area contributed by atoms with Gasteiger partial charge in [-0.1, -0.05) is 93.8 Å². The summed E-state index contributed by atoms with van der Waals surface area (Å²) in [5.41, 5.74) is 0. The molecule has 0 radical (unpaired) electrons. The Morgan fingerprint density at radius 3 is 0.950 bits per heavy atom. The maximum Gasteiger partial charge on any atom is -0.0356 e. The quantitative estimate of drug-likeness (QED) is 0.367. The van der Waals surface area contributed by atoms with Crippen LogP contribution in [0.25, 0.3) is 0 Å². The molecule has 0 unspecified atom stereocenters. The molecule has 20 heavy (non-hydrogen) atoms.